The van der Waals surface area contributed by atoms with Crippen molar-refractivity contribution in [1.29, 1.82) is 0 Å². The fourth-order valence-electron chi connectivity index (χ4n) is 3.65. The number of carbonyl (C=O) groups is 1. The Morgan fingerprint density at radius 1 is 1.19 bits per heavy atom. The summed E-state index contributed by atoms with van der Waals surface area (Å²) >= 11 is 3.56. The van der Waals surface area contributed by atoms with Gasteiger partial charge in [-0.1, -0.05) is 58.4 Å². The third kappa shape index (κ3) is 3.31. The molecule has 0 saturated heterocycles. The number of ether oxygens (including phenoxy) is 1. The minimum Gasteiger partial charge on any atom is -0.385 e. The average Bonchev–Trinajstić information content (AvgIpc) is 3.22. The van der Waals surface area contributed by atoms with Crippen molar-refractivity contribution in [3.63, 3.8) is 0 Å². The highest BCUT2D eigenvalue weighted by Crippen LogP contribution is 2.43. The van der Waals surface area contributed by atoms with E-state index in [0.717, 1.165) is 33.3 Å². The molecule has 0 fully saturated rings. The van der Waals surface area contributed by atoms with Gasteiger partial charge in [0.1, 0.15) is 5.69 Å². The number of carbonyl (C=O) groups excluding carboxylic acids is 1. The number of amides is 1. The molecular formula is C21H20BrN3O2. The van der Waals surface area contributed by atoms with Gasteiger partial charge < -0.3 is 9.64 Å². The number of benzene rings is 2. The Labute approximate surface area is 166 Å². The van der Waals surface area contributed by atoms with Gasteiger partial charge in [0, 0.05) is 35.9 Å². The van der Waals surface area contributed by atoms with Gasteiger partial charge >= 0.3 is 0 Å². The first-order valence-corrected chi connectivity index (χ1v) is 9.69. The Kier molecular flexibility index (Phi) is 5.09. The largest absolute Gasteiger partial charge is 0.385 e. The van der Waals surface area contributed by atoms with E-state index < -0.39 is 0 Å². The van der Waals surface area contributed by atoms with E-state index in [0.29, 0.717) is 18.8 Å². The number of aromatic nitrogens is 2. The number of nitrogens with one attached hydrogen (secondary N) is 1. The number of halogens is 1. The molecule has 1 N–H and O–H groups in total. The third-order valence-electron chi connectivity index (χ3n) is 4.82. The number of hydrogen-bond donors (Lipinski definition) is 1. The molecule has 1 aromatic heterocycles. The molecule has 1 amide bonds. The van der Waals surface area contributed by atoms with Crippen molar-refractivity contribution in [2.75, 3.05) is 20.3 Å². The molecule has 0 spiro atoms. The van der Waals surface area contributed by atoms with Crippen molar-refractivity contribution >= 4 is 21.8 Å². The second-order valence-corrected chi connectivity index (χ2v) is 7.45. The fourth-order valence-corrected chi connectivity index (χ4v) is 4.06. The molecule has 5 nitrogen and oxygen atoms in total. The summed E-state index contributed by atoms with van der Waals surface area (Å²) in [5.41, 5.74) is 4.42. The van der Waals surface area contributed by atoms with Crippen molar-refractivity contribution in [3.05, 3.63) is 75.9 Å². The highest BCUT2D eigenvalue weighted by atomic mass is 79.9. The lowest BCUT2D eigenvalue weighted by atomic mass is 9.96. The van der Waals surface area contributed by atoms with Gasteiger partial charge in [-0.3, -0.25) is 9.89 Å². The lowest BCUT2D eigenvalue weighted by molar-refractivity contribution is 0.0723. The van der Waals surface area contributed by atoms with E-state index in [1.54, 1.807) is 7.11 Å². The van der Waals surface area contributed by atoms with Crippen LogP contribution < -0.4 is 0 Å². The van der Waals surface area contributed by atoms with Crippen LogP contribution in [0.15, 0.2) is 59.1 Å². The van der Waals surface area contributed by atoms with E-state index >= 15 is 0 Å². The van der Waals surface area contributed by atoms with Crippen LogP contribution in [0.4, 0.5) is 0 Å². The van der Waals surface area contributed by atoms with Gasteiger partial charge in [0.15, 0.2) is 0 Å². The molecule has 0 radical (unpaired) electrons. The van der Waals surface area contributed by atoms with Gasteiger partial charge in [0.25, 0.3) is 5.91 Å². The van der Waals surface area contributed by atoms with Crippen LogP contribution in [0.3, 0.4) is 0 Å². The molecule has 3 aromatic rings. The molecule has 1 atom stereocenters. The van der Waals surface area contributed by atoms with Crippen LogP contribution in [-0.2, 0) is 4.74 Å². The summed E-state index contributed by atoms with van der Waals surface area (Å²) in [6.07, 6.45) is 0.783. The summed E-state index contributed by atoms with van der Waals surface area (Å²) in [5.74, 6) is -0.0132. The smallest absolute Gasteiger partial charge is 0.273 e. The fraction of sp³-hybridized carbons (Fsp3) is 0.238. The third-order valence-corrected chi connectivity index (χ3v) is 5.32. The summed E-state index contributed by atoms with van der Waals surface area (Å²) < 4.78 is 6.17. The number of hydrogen-bond acceptors (Lipinski definition) is 3. The monoisotopic (exact) mass is 425 g/mol. The highest BCUT2D eigenvalue weighted by Gasteiger charge is 2.41. The number of nitrogens with zero attached hydrogens (tertiary/aromatic N) is 2. The Morgan fingerprint density at radius 3 is 2.74 bits per heavy atom. The number of methoxy groups -OCH3 is 1. The zero-order valence-electron chi connectivity index (χ0n) is 15.0. The van der Waals surface area contributed by atoms with Crippen LogP contribution in [0.2, 0.25) is 0 Å². The Bertz CT molecular complexity index is 955. The molecule has 0 bridgehead atoms. The van der Waals surface area contributed by atoms with Crippen molar-refractivity contribution in [2.24, 2.45) is 0 Å². The van der Waals surface area contributed by atoms with Crippen molar-refractivity contribution < 1.29 is 9.53 Å². The molecular weight excluding hydrogens is 406 g/mol. The number of H-pyrrole nitrogens is 1. The molecule has 138 valence electrons. The highest BCUT2D eigenvalue weighted by molar-refractivity contribution is 9.10. The molecule has 2 aromatic carbocycles. The Balaban J connectivity index is 1.82. The lowest BCUT2D eigenvalue weighted by Gasteiger charge is -2.26. The molecule has 0 aliphatic carbocycles. The van der Waals surface area contributed by atoms with E-state index in [1.807, 2.05) is 47.4 Å². The summed E-state index contributed by atoms with van der Waals surface area (Å²) in [6, 6.07) is 17.9. The second kappa shape index (κ2) is 7.66. The van der Waals surface area contributed by atoms with Crippen molar-refractivity contribution in [1.82, 2.24) is 15.1 Å². The maximum atomic E-state index is 13.1. The van der Waals surface area contributed by atoms with Gasteiger partial charge in [-0.05, 0) is 24.1 Å². The Hall–Kier alpha value is -2.44. The van der Waals surface area contributed by atoms with Crippen LogP contribution in [0.1, 0.15) is 34.1 Å². The molecule has 1 unspecified atom stereocenters. The zero-order chi connectivity index (χ0) is 18.8. The van der Waals surface area contributed by atoms with Gasteiger partial charge in [-0.25, -0.2) is 0 Å². The van der Waals surface area contributed by atoms with E-state index in [-0.39, 0.29) is 11.9 Å². The van der Waals surface area contributed by atoms with Crippen molar-refractivity contribution in [2.45, 2.75) is 12.5 Å². The minimum atomic E-state index is -0.171. The number of rotatable bonds is 6. The van der Waals surface area contributed by atoms with E-state index in [1.165, 1.54) is 0 Å². The SMILES string of the molecule is COCCCN1C(=O)c2[nH]nc(-c3ccccc3)c2C1c1cccc(Br)c1. The molecule has 1 aliphatic rings. The van der Waals surface area contributed by atoms with E-state index in [9.17, 15) is 4.79 Å². The lowest BCUT2D eigenvalue weighted by Crippen LogP contribution is -2.31. The number of aromatic amines is 1. The van der Waals surface area contributed by atoms with Crippen molar-refractivity contribution in [3.8, 4) is 11.3 Å². The van der Waals surface area contributed by atoms with Gasteiger partial charge in [0.2, 0.25) is 0 Å². The summed E-state index contributed by atoms with van der Waals surface area (Å²) in [7, 11) is 1.68. The van der Waals surface area contributed by atoms with Crippen LogP contribution in [0.5, 0.6) is 0 Å². The van der Waals surface area contributed by atoms with Crippen LogP contribution >= 0.6 is 15.9 Å². The first kappa shape index (κ1) is 17.9. The minimum absolute atomic E-state index is 0.0132. The van der Waals surface area contributed by atoms with Gasteiger partial charge in [-0.15, -0.1) is 0 Å². The molecule has 4 rings (SSSR count). The van der Waals surface area contributed by atoms with Crippen LogP contribution in [0, 0.1) is 0 Å². The summed E-state index contributed by atoms with van der Waals surface area (Å²) in [4.78, 5) is 15.0. The maximum absolute atomic E-state index is 13.1. The number of fused-ring (bicyclic) bond motifs is 1. The standard InChI is InChI=1S/C21H20BrN3O2/c1-27-12-6-11-25-20(15-9-5-10-16(22)13-15)17-18(14-7-3-2-4-8-14)23-24-19(17)21(25)26/h2-5,7-10,13,20H,6,11-12H2,1H3,(H,23,24). The predicted molar refractivity (Wildman–Crippen MR) is 108 cm³/mol. The second-order valence-electron chi connectivity index (χ2n) is 6.53. The normalized spacial score (nSPS) is 16.0. The van der Waals surface area contributed by atoms with Crippen LogP contribution in [-0.4, -0.2) is 41.3 Å². The predicted octanol–water partition coefficient (Wildman–Crippen LogP) is 4.42. The average molecular weight is 426 g/mol. The summed E-state index contributed by atoms with van der Waals surface area (Å²) in [6.45, 7) is 1.24. The molecule has 1 aliphatic heterocycles. The molecule has 0 saturated carbocycles. The van der Waals surface area contributed by atoms with Gasteiger partial charge in [0.05, 0.1) is 11.7 Å². The molecule has 6 heteroatoms. The first-order chi connectivity index (χ1) is 13.2. The maximum Gasteiger partial charge on any atom is 0.273 e. The molecule has 27 heavy (non-hydrogen) atoms. The molecule has 2 heterocycles. The Morgan fingerprint density at radius 2 is 2.00 bits per heavy atom. The van der Waals surface area contributed by atoms with E-state index in [4.69, 9.17) is 4.74 Å². The van der Waals surface area contributed by atoms with E-state index in [2.05, 4.69) is 38.3 Å². The van der Waals surface area contributed by atoms with Crippen LogP contribution in [0.25, 0.3) is 11.3 Å². The first-order valence-electron chi connectivity index (χ1n) is 8.89. The summed E-state index contributed by atoms with van der Waals surface area (Å²) in [5, 5.41) is 7.46. The topological polar surface area (TPSA) is 58.2 Å². The van der Waals surface area contributed by atoms with Gasteiger partial charge in [-0.2, -0.15) is 5.10 Å². The quantitative estimate of drug-likeness (QED) is 0.594. The zero-order valence-corrected chi connectivity index (χ0v) is 16.6.